The fourth-order valence-electron chi connectivity index (χ4n) is 3.42. The van der Waals surface area contributed by atoms with E-state index < -0.39 is 5.60 Å². The van der Waals surface area contributed by atoms with Gasteiger partial charge in [-0.15, -0.1) is 6.58 Å². The number of hydrogen-bond donors (Lipinski definition) is 0. The average molecular weight is 710 g/mol. The molecule has 2 heterocycles. The zero-order valence-corrected chi connectivity index (χ0v) is 24.2. The van der Waals surface area contributed by atoms with E-state index in [2.05, 4.69) is 55.6 Å². The van der Waals surface area contributed by atoms with Gasteiger partial charge in [0.15, 0.2) is 5.60 Å². The van der Waals surface area contributed by atoms with Crippen molar-refractivity contribution in [2.45, 2.75) is 37.3 Å². The molecule has 1 saturated heterocycles. The quantitative estimate of drug-likeness (QED) is 0.0411. The van der Waals surface area contributed by atoms with Crippen molar-refractivity contribution in [3.63, 3.8) is 0 Å². The highest BCUT2D eigenvalue weighted by atomic mass is 127. The van der Waals surface area contributed by atoms with Gasteiger partial charge in [-0.3, -0.25) is 9.78 Å². The van der Waals surface area contributed by atoms with E-state index in [-0.39, 0.29) is 34.3 Å². The molecule has 0 aromatic carbocycles. The lowest BCUT2D eigenvalue weighted by atomic mass is 9.79. The first-order chi connectivity index (χ1) is 15.5. The lowest BCUT2D eigenvalue weighted by molar-refractivity contribution is -0.236. The van der Waals surface area contributed by atoms with Crippen molar-refractivity contribution in [1.82, 2.24) is 9.88 Å². The number of methoxy groups -OCH3 is 2. The third-order valence-corrected chi connectivity index (χ3v) is 8.78. The maximum absolute atomic E-state index is 13.2. The fraction of sp³-hybridized carbons (Fsp3) is 0.600. The van der Waals surface area contributed by atoms with Gasteiger partial charge in [-0.1, -0.05) is 6.08 Å². The second-order valence-electron chi connectivity index (χ2n) is 7.00. The summed E-state index contributed by atoms with van der Waals surface area (Å²) in [5, 5.41) is 0. The number of ether oxygens (including phenoxy) is 4. The van der Waals surface area contributed by atoms with Gasteiger partial charge in [-0.2, -0.15) is 0 Å². The third kappa shape index (κ3) is 8.17. The number of hydrogen-bond acceptors (Lipinski definition) is 8. The molecule has 1 amide bonds. The van der Waals surface area contributed by atoms with Gasteiger partial charge in [-0.25, -0.2) is 0 Å². The molecule has 0 N–H and O–H groups in total. The molecule has 0 radical (unpaired) electrons. The minimum atomic E-state index is -1.13. The first-order valence-electron chi connectivity index (χ1n) is 10.0. The van der Waals surface area contributed by atoms with E-state index in [1.807, 2.05) is 18.2 Å². The van der Waals surface area contributed by atoms with Gasteiger partial charge in [0.2, 0.25) is 0 Å². The maximum Gasteiger partial charge on any atom is 0.259 e. The minimum absolute atomic E-state index is 0.0129. The maximum atomic E-state index is 13.2. The monoisotopic (exact) mass is 710 g/mol. The molecule has 1 aliphatic heterocycles. The Bertz CT molecular complexity index is 735. The lowest BCUT2D eigenvalue weighted by Crippen LogP contribution is -2.77. The van der Waals surface area contributed by atoms with Gasteiger partial charge >= 0.3 is 0 Å². The van der Waals surface area contributed by atoms with Crippen LogP contribution in [0.2, 0.25) is 0 Å². The summed E-state index contributed by atoms with van der Waals surface area (Å²) in [4.78, 5) is 19.3. The standard InChI is InChI=1S/C20H29I2N2O6PS/c1-4-5-6-7-10-28-17-8-9-23-16(11-17)12-20(29-15-27-3)18(13-30-32-31(21)22)24(14-26-2)19(20)25/h4,8-9,11,18H,1,5-7,10,12-15H2,2-3H3/t18-,20+/m0/s1. The number of halogens is 2. The van der Waals surface area contributed by atoms with Gasteiger partial charge in [0.25, 0.3) is 5.91 Å². The Balaban J connectivity index is 2.15. The van der Waals surface area contributed by atoms with Gasteiger partial charge in [-0.05, 0) is 69.4 Å². The van der Waals surface area contributed by atoms with Crippen molar-refractivity contribution < 1.29 is 27.9 Å². The lowest BCUT2D eigenvalue weighted by Gasteiger charge is -2.54. The van der Waals surface area contributed by atoms with Crippen molar-refractivity contribution in [3.8, 4) is 5.75 Å². The molecule has 0 unspecified atom stereocenters. The number of carbonyl (C=O) groups is 1. The molecule has 0 saturated carbocycles. The van der Waals surface area contributed by atoms with Crippen LogP contribution in [-0.2, 0) is 29.6 Å². The number of pyridine rings is 1. The summed E-state index contributed by atoms with van der Waals surface area (Å²) in [5.74, 6) is 0.554. The van der Waals surface area contributed by atoms with Crippen molar-refractivity contribution in [1.29, 1.82) is 0 Å². The predicted octanol–water partition coefficient (Wildman–Crippen LogP) is 5.29. The van der Waals surface area contributed by atoms with Gasteiger partial charge in [0.1, 0.15) is 21.7 Å². The Morgan fingerprint density at radius 1 is 1.34 bits per heavy atom. The normalized spacial score (nSPS) is 20.5. The first kappa shape index (κ1) is 28.5. The predicted molar refractivity (Wildman–Crippen MR) is 144 cm³/mol. The van der Waals surface area contributed by atoms with Crippen molar-refractivity contribution in [2.24, 2.45) is 0 Å². The van der Waals surface area contributed by atoms with E-state index in [0.29, 0.717) is 18.9 Å². The van der Waals surface area contributed by atoms with E-state index in [1.54, 1.807) is 18.2 Å². The number of nitrogens with zero attached hydrogens (tertiary/aromatic N) is 2. The highest BCUT2D eigenvalue weighted by Crippen LogP contribution is 2.65. The second-order valence-corrected chi connectivity index (χ2v) is 24.6. The molecule has 1 aliphatic rings. The van der Waals surface area contributed by atoms with Crippen LogP contribution in [0.4, 0.5) is 0 Å². The Morgan fingerprint density at radius 2 is 2.16 bits per heavy atom. The summed E-state index contributed by atoms with van der Waals surface area (Å²) in [6.45, 7) is 4.82. The van der Waals surface area contributed by atoms with Gasteiger partial charge in [0.05, 0.1) is 19.3 Å². The summed E-state index contributed by atoms with van der Waals surface area (Å²) in [7, 11) is 3.09. The Hall–Kier alpha value is 0.240. The minimum Gasteiger partial charge on any atom is -0.493 e. The van der Waals surface area contributed by atoms with Crippen molar-refractivity contribution in [2.75, 3.05) is 41.0 Å². The van der Waals surface area contributed by atoms with Crippen molar-refractivity contribution in [3.05, 3.63) is 36.7 Å². The zero-order valence-electron chi connectivity index (χ0n) is 18.2. The number of unbranched alkanes of at least 4 members (excludes halogenated alkanes) is 2. The summed E-state index contributed by atoms with van der Waals surface area (Å²) in [5.41, 5.74) is -0.429. The molecule has 2 atom stereocenters. The summed E-state index contributed by atoms with van der Waals surface area (Å²) in [6, 6.07) is 3.35. The van der Waals surface area contributed by atoms with E-state index in [9.17, 15) is 4.79 Å². The Labute approximate surface area is 221 Å². The number of rotatable bonds is 17. The Morgan fingerprint density at radius 3 is 2.84 bits per heavy atom. The van der Waals surface area contributed by atoms with Crippen molar-refractivity contribution >= 4 is 64.1 Å². The molecule has 0 bridgehead atoms. The molecular formula is C20H29I2N2O6PS. The van der Waals surface area contributed by atoms with Crippen LogP contribution in [0.1, 0.15) is 25.0 Å². The van der Waals surface area contributed by atoms with Crippen LogP contribution >= 0.6 is 58.2 Å². The number of carbonyl (C=O) groups excluding carboxylic acids is 1. The first-order valence-corrected chi connectivity index (χ1v) is 18.3. The van der Waals surface area contributed by atoms with Crippen LogP contribution in [-0.4, -0.2) is 68.4 Å². The smallest absolute Gasteiger partial charge is 0.259 e. The number of allylic oxidation sites excluding steroid dienone is 1. The van der Waals surface area contributed by atoms with E-state index in [0.717, 1.165) is 25.0 Å². The van der Waals surface area contributed by atoms with Gasteiger partial charge < -0.3 is 28.0 Å². The summed E-state index contributed by atoms with van der Waals surface area (Å²) >= 11 is 6.05. The Kier molecular flexibility index (Phi) is 13.6. The second kappa shape index (κ2) is 15.3. The molecule has 8 nitrogen and oxygen atoms in total. The fourth-order valence-corrected chi connectivity index (χ4v) is 6.16. The number of amides is 1. The highest BCUT2D eigenvalue weighted by Gasteiger charge is 2.62. The molecule has 32 heavy (non-hydrogen) atoms. The SMILES string of the molecule is C=CCCCCOc1ccnc(C[C@]2(OCOC)C(=O)N(COC)[C@H]2COSP(I)I)c1. The van der Waals surface area contributed by atoms with E-state index >= 15 is 0 Å². The average Bonchev–Trinajstić information content (AvgIpc) is 2.78. The molecule has 12 heteroatoms. The molecule has 1 aromatic rings. The molecule has 180 valence electrons. The van der Waals surface area contributed by atoms with Crippen LogP contribution in [0.15, 0.2) is 31.0 Å². The largest absolute Gasteiger partial charge is 0.493 e. The van der Waals surface area contributed by atoms with Gasteiger partial charge in [0, 0.05) is 50.3 Å². The topological polar surface area (TPSA) is 79.4 Å². The summed E-state index contributed by atoms with van der Waals surface area (Å²) < 4.78 is 27.7. The van der Waals surface area contributed by atoms with Crippen LogP contribution in [0.5, 0.6) is 5.75 Å². The van der Waals surface area contributed by atoms with Crippen LogP contribution in [0.3, 0.4) is 0 Å². The third-order valence-electron chi connectivity index (χ3n) is 4.88. The molecular weight excluding hydrogens is 681 g/mol. The van der Waals surface area contributed by atoms with E-state index in [4.69, 9.17) is 23.1 Å². The molecule has 1 aromatic heterocycles. The zero-order chi connectivity index (χ0) is 23.4. The summed E-state index contributed by atoms with van der Waals surface area (Å²) in [6.07, 6.45) is 6.84. The highest BCUT2D eigenvalue weighted by molar-refractivity contribution is 14.3. The molecule has 0 aliphatic carbocycles. The molecule has 2 rings (SSSR count). The number of aromatic nitrogens is 1. The van der Waals surface area contributed by atoms with E-state index in [1.165, 1.54) is 18.8 Å². The molecule has 0 spiro atoms. The van der Waals surface area contributed by atoms with Crippen LogP contribution < -0.4 is 4.74 Å². The van der Waals surface area contributed by atoms with Crippen LogP contribution in [0, 0.1) is 0 Å². The molecule has 1 fully saturated rings. The van der Waals surface area contributed by atoms with Crippen LogP contribution in [0.25, 0.3) is 0 Å². The number of likely N-dealkylation sites (tertiary alicyclic amines) is 1. The number of β-lactam (4-membered cyclic amide) rings is 1.